The third-order valence-electron chi connectivity index (χ3n) is 5.54. The van der Waals surface area contributed by atoms with Crippen molar-refractivity contribution in [2.75, 3.05) is 13.2 Å². The van der Waals surface area contributed by atoms with E-state index in [1.54, 1.807) is 0 Å². The number of aliphatic hydroxyl groups is 6. The summed E-state index contributed by atoms with van der Waals surface area (Å²) < 4.78 is 27.7. The van der Waals surface area contributed by atoms with Crippen LogP contribution in [0, 0.1) is 0 Å². The van der Waals surface area contributed by atoms with Gasteiger partial charge < -0.3 is 54.3 Å². The number of benzene rings is 1. The first kappa shape index (κ1) is 22.0. The highest BCUT2D eigenvalue weighted by Gasteiger charge is 2.52. The molecule has 3 fully saturated rings. The second-order valence-electron chi connectivity index (χ2n) is 7.53. The standard InChI is InChI=1S/C19H26O11/c20-6-9-15(11(21)13(23)17(25)27-9)30-19-14(24)12(22)16-10(28-19)7-26-18(29-16)8-4-2-1-3-5-8/h1-5,9-25H,6-7H2. The van der Waals surface area contributed by atoms with Crippen LogP contribution in [0.2, 0.25) is 0 Å². The lowest BCUT2D eigenvalue weighted by molar-refractivity contribution is -0.384. The molecule has 1 aromatic rings. The van der Waals surface area contributed by atoms with Crippen molar-refractivity contribution in [1.29, 1.82) is 0 Å². The quantitative estimate of drug-likeness (QED) is 0.295. The summed E-state index contributed by atoms with van der Waals surface area (Å²) in [6, 6.07) is 9.10. The van der Waals surface area contributed by atoms with Gasteiger partial charge in [-0.3, -0.25) is 0 Å². The number of aliphatic hydroxyl groups excluding tert-OH is 6. The highest BCUT2D eigenvalue weighted by molar-refractivity contribution is 5.16. The van der Waals surface area contributed by atoms with Gasteiger partial charge >= 0.3 is 0 Å². The lowest BCUT2D eigenvalue weighted by Gasteiger charge is -2.48. The molecule has 3 aliphatic rings. The van der Waals surface area contributed by atoms with Crippen LogP contribution in [0.1, 0.15) is 11.9 Å². The Morgan fingerprint density at radius 2 is 1.60 bits per heavy atom. The van der Waals surface area contributed by atoms with Crippen molar-refractivity contribution in [3.63, 3.8) is 0 Å². The molecule has 11 nitrogen and oxygen atoms in total. The van der Waals surface area contributed by atoms with Gasteiger partial charge in [-0.1, -0.05) is 30.3 Å². The van der Waals surface area contributed by atoms with Crippen LogP contribution in [-0.4, -0.2) is 105 Å². The minimum atomic E-state index is -1.71. The Kier molecular flexibility index (Phi) is 6.67. The van der Waals surface area contributed by atoms with E-state index in [0.29, 0.717) is 0 Å². The van der Waals surface area contributed by atoms with Crippen LogP contribution in [0.25, 0.3) is 0 Å². The van der Waals surface area contributed by atoms with Crippen LogP contribution in [0.3, 0.4) is 0 Å². The SMILES string of the molecule is OCC1OC(O)C(O)C(O)C1OC1OC2COC(c3ccccc3)OC2C(O)C1O. The van der Waals surface area contributed by atoms with Gasteiger partial charge in [-0.2, -0.15) is 0 Å². The van der Waals surface area contributed by atoms with Crippen molar-refractivity contribution in [3.05, 3.63) is 35.9 Å². The van der Waals surface area contributed by atoms with Crippen LogP contribution >= 0.6 is 0 Å². The van der Waals surface area contributed by atoms with Crippen molar-refractivity contribution in [2.45, 2.75) is 67.7 Å². The summed E-state index contributed by atoms with van der Waals surface area (Å²) in [6.45, 7) is -0.587. The molecule has 3 saturated heterocycles. The van der Waals surface area contributed by atoms with Crippen LogP contribution in [0.5, 0.6) is 0 Å². The van der Waals surface area contributed by atoms with Crippen molar-refractivity contribution >= 4 is 0 Å². The molecule has 0 radical (unpaired) electrons. The van der Waals surface area contributed by atoms with E-state index in [2.05, 4.69) is 0 Å². The number of fused-ring (bicyclic) bond motifs is 1. The maximum absolute atomic E-state index is 10.6. The lowest BCUT2D eigenvalue weighted by Crippen LogP contribution is -2.65. The number of hydrogen-bond acceptors (Lipinski definition) is 11. The summed E-state index contributed by atoms with van der Waals surface area (Å²) in [6.07, 6.45) is -14.3. The van der Waals surface area contributed by atoms with Crippen molar-refractivity contribution in [2.24, 2.45) is 0 Å². The highest BCUT2D eigenvalue weighted by Crippen LogP contribution is 2.35. The Balaban J connectivity index is 1.44. The van der Waals surface area contributed by atoms with E-state index in [1.165, 1.54) is 0 Å². The molecule has 0 aliphatic carbocycles. The van der Waals surface area contributed by atoms with E-state index in [4.69, 9.17) is 23.7 Å². The molecule has 6 N–H and O–H groups in total. The average molecular weight is 430 g/mol. The van der Waals surface area contributed by atoms with E-state index in [9.17, 15) is 30.6 Å². The number of rotatable bonds is 4. The maximum Gasteiger partial charge on any atom is 0.187 e. The fourth-order valence-corrected chi connectivity index (χ4v) is 3.86. The smallest absolute Gasteiger partial charge is 0.187 e. The van der Waals surface area contributed by atoms with E-state index in [1.807, 2.05) is 30.3 Å². The Labute approximate surface area is 171 Å². The zero-order valence-electron chi connectivity index (χ0n) is 15.9. The molecule has 168 valence electrons. The fourth-order valence-electron chi connectivity index (χ4n) is 3.86. The number of hydrogen-bond donors (Lipinski definition) is 6. The van der Waals surface area contributed by atoms with Gasteiger partial charge in [0, 0.05) is 5.56 Å². The summed E-state index contributed by atoms with van der Waals surface area (Å²) in [4.78, 5) is 0. The van der Waals surface area contributed by atoms with Gasteiger partial charge in [-0.05, 0) is 0 Å². The Hall–Kier alpha value is -1.22. The molecular weight excluding hydrogens is 404 g/mol. The van der Waals surface area contributed by atoms with Gasteiger partial charge in [-0.15, -0.1) is 0 Å². The minimum absolute atomic E-state index is 0.0440. The summed E-state index contributed by atoms with van der Waals surface area (Å²) in [7, 11) is 0. The monoisotopic (exact) mass is 430 g/mol. The lowest BCUT2D eigenvalue weighted by atomic mass is 9.96. The molecule has 4 rings (SSSR count). The van der Waals surface area contributed by atoms with Gasteiger partial charge in [0.2, 0.25) is 0 Å². The van der Waals surface area contributed by atoms with Crippen LogP contribution in [-0.2, 0) is 23.7 Å². The predicted molar refractivity (Wildman–Crippen MR) is 95.5 cm³/mol. The Morgan fingerprint density at radius 1 is 0.867 bits per heavy atom. The second-order valence-corrected chi connectivity index (χ2v) is 7.53. The molecule has 30 heavy (non-hydrogen) atoms. The Bertz CT molecular complexity index is 686. The molecule has 11 heteroatoms. The van der Waals surface area contributed by atoms with Crippen molar-refractivity contribution in [1.82, 2.24) is 0 Å². The van der Waals surface area contributed by atoms with Gasteiger partial charge in [0.05, 0.1) is 13.2 Å². The predicted octanol–water partition coefficient (Wildman–Crippen LogP) is -2.64. The van der Waals surface area contributed by atoms with Crippen molar-refractivity contribution in [3.8, 4) is 0 Å². The molecule has 0 spiro atoms. The molecule has 3 aliphatic heterocycles. The molecule has 0 saturated carbocycles. The van der Waals surface area contributed by atoms with E-state index in [0.717, 1.165) is 5.56 Å². The third kappa shape index (κ3) is 4.11. The van der Waals surface area contributed by atoms with Gasteiger partial charge in [0.25, 0.3) is 0 Å². The van der Waals surface area contributed by atoms with Crippen LogP contribution in [0.4, 0.5) is 0 Å². The van der Waals surface area contributed by atoms with Crippen LogP contribution in [0.15, 0.2) is 30.3 Å². The zero-order valence-corrected chi connectivity index (χ0v) is 15.9. The van der Waals surface area contributed by atoms with Gasteiger partial charge in [0.1, 0.15) is 48.8 Å². The van der Waals surface area contributed by atoms with E-state index in [-0.39, 0.29) is 6.61 Å². The average Bonchev–Trinajstić information content (AvgIpc) is 2.77. The summed E-state index contributed by atoms with van der Waals surface area (Å²) >= 11 is 0. The zero-order chi connectivity index (χ0) is 21.4. The van der Waals surface area contributed by atoms with Gasteiger partial charge in [-0.25, -0.2) is 0 Å². The fraction of sp³-hybridized carbons (Fsp3) is 0.684. The minimum Gasteiger partial charge on any atom is -0.394 e. The molecule has 0 bridgehead atoms. The maximum atomic E-state index is 10.6. The van der Waals surface area contributed by atoms with Crippen LogP contribution < -0.4 is 0 Å². The molecule has 3 heterocycles. The number of ether oxygens (including phenoxy) is 5. The Morgan fingerprint density at radius 3 is 2.30 bits per heavy atom. The summed E-state index contributed by atoms with van der Waals surface area (Å²) in [5.41, 5.74) is 0.747. The molecule has 11 unspecified atom stereocenters. The molecule has 0 amide bonds. The normalized spacial score (nSPS) is 46.9. The van der Waals surface area contributed by atoms with Gasteiger partial charge in [0.15, 0.2) is 18.9 Å². The first-order chi connectivity index (χ1) is 14.4. The molecular formula is C19H26O11. The topological polar surface area (TPSA) is 168 Å². The second kappa shape index (κ2) is 9.10. The van der Waals surface area contributed by atoms with Crippen molar-refractivity contribution < 1.29 is 54.3 Å². The first-order valence-corrected chi connectivity index (χ1v) is 9.70. The molecule has 11 atom stereocenters. The third-order valence-corrected chi connectivity index (χ3v) is 5.54. The largest absolute Gasteiger partial charge is 0.394 e. The summed E-state index contributed by atoms with van der Waals surface area (Å²) in [5, 5.41) is 60.2. The van der Waals surface area contributed by atoms with E-state index < -0.39 is 74.3 Å². The summed E-state index contributed by atoms with van der Waals surface area (Å²) in [5.74, 6) is 0. The molecule has 1 aromatic carbocycles. The first-order valence-electron chi connectivity index (χ1n) is 9.70. The highest BCUT2D eigenvalue weighted by atomic mass is 16.8. The molecule has 0 aromatic heterocycles. The van der Waals surface area contributed by atoms with E-state index >= 15 is 0 Å².